The second kappa shape index (κ2) is 10.5. The van der Waals surface area contributed by atoms with E-state index in [2.05, 4.69) is 18.2 Å². The number of methoxy groups -OCH3 is 1. The van der Waals surface area contributed by atoms with E-state index < -0.39 is 17.7 Å². The van der Waals surface area contributed by atoms with Crippen LogP contribution in [0.25, 0.3) is 5.57 Å². The predicted octanol–water partition coefficient (Wildman–Crippen LogP) is 3.68. The van der Waals surface area contributed by atoms with Crippen LogP contribution >= 0.6 is 0 Å². The van der Waals surface area contributed by atoms with Crippen molar-refractivity contribution in [2.24, 2.45) is 11.8 Å². The predicted molar refractivity (Wildman–Crippen MR) is 124 cm³/mol. The average molecular weight is 451 g/mol. The number of hydroxylamine groups is 1. The van der Waals surface area contributed by atoms with Crippen molar-refractivity contribution in [3.63, 3.8) is 0 Å². The van der Waals surface area contributed by atoms with Gasteiger partial charge in [-0.2, -0.15) is 0 Å². The van der Waals surface area contributed by atoms with Crippen LogP contribution in [0.3, 0.4) is 0 Å². The molecule has 2 aromatic rings. The number of hydrogen-bond donors (Lipinski definition) is 2. The summed E-state index contributed by atoms with van der Waals surface area (Å²) in [6.07, 6.45) is 4.22. The molecule has 0 bridgehead atoms. The minimum atomic E-state index is -0.640. The van der Waals surface area contributed by atoms with Gasteiger partial charge in [0, 0.05) is 13.1 Å². The first kappa shape index (κ1) is 22.9. The van der Waals surface area contributed by atoms with Crippen LogP contribution in [0.4, 0.5) is 0 Å². The van der Waals surface area contributed by atoms with Crippen LogP contribution < -0.4 is 15.0 Å². The van der Waals surface area contributed by atoms with Gasteiger partial charge in [0.15, 0.2) is 0 Å². The largest absolute Gasteiger partial charge is 0.497 e. The zero-order valence-corrected chi connectivity index (χ0v) is 18.8. The van der Waals surface area contributed by atoms with Crippen molar-refractivity contribution in [1.29, 1.82) is 0 Å². The number of hydrogen-bond acceptors (Lipinski definition) is 5. The maximum atomic E-state index is 13.3. The van der Waals surface area contributed by atoms with E-state index >= 15 is 0 Å². The molecule has 2 aliphatic rings. The van der Waals surface area contributed by atoms with Crippen molar-refractivity contribution in [1.82, 2.24) is 10.4 Å². The molecule has 1 saturated carbocycles. The van der Waals surface area contributed by atoms with Gasteiger partial charge in [-0.15, -0.1) is 0 Å². The van der Waals surface area contributed by atoms with E-state index in [9.17, 15) is 14.8 Å². The second-order valence-electron chi connectivity index (χ2n) is 8.55. The van der Waals surface area contributed by atoms with Crippen LogP contribution in [-0.4, -0.2) is 48.2 Å². The molecule has 7 heteroatoms. The summed E-state index contributed by atoms with van der Waals surface area (Å²) in [5.74, 6) is -0.258. The average Bonchev–Trinajstić information content (AvgIpc) is 2.89. The normalized spacial score (nSPS) is 22.8. The van der Waals surface area contributed by atoms with Gasteiger partial charge >= 0.3 is 0 Å². The number of ether oxygens (including phenoxy) is 2. The van der Waals surface area contributed by atoms with Gasteiger partial charge in [-0.05, 0) is 61.1 Å². The first-order valence-electron chi connectivity index (χ1n) is 11.4. The molecule has 2 N–H and O–H groups in total. The third kappa shape index (κ3) is 5.37. The highest BCUT2D eigenvalue weighted by molar-refractivity contribution is 5.88. The summed E-state index contributed by atoms with van der Waals surface area (Å²) >= 11 is 0. The minimum Gasteiger partial charge on any atom is -0.497 e. The standard InChI is InChI=1S/C26H30N2O5/c1-32-20-7-9-21(10-8-20)33-22-11-12-23(24(17-22)25(29)27-31)26(30)28-15-13-19(14-16-28)18-5-3-2-4-6-18/h2-10,13,22-24,31H,11-12,14-17H2,1H3,(H,27,29)/t22-,23+,24?/m1/s1. The maximum Gasteiger partial charge on any atom is 0.247 e. The van der Waals surface area contributed by atoms with Crippen molar-refractivity contribution in [3.05, 3.63) is 66.2 Å². The lowest BCUT2D eigenvalue weighted by molar-refractivity contribution is -0.148. The molecule has 1 heterocycles. The highest BCUT2D eigenvalue weighted by Crippen LogP contribution is 2.35. The van der Waals surface area contributed by atoms with E-state index in [1.54, 1.807) is 12.6 Å². The summed E-state index contributed by atoms with van der Waals surface area (Å²) in [7, 11) is 1.60. The topological polar surface area (TPSA) is 88.1 Å². The highest BCUT2D eigenvalue weighted by Gasteiger charge is 2.41. The van der Waals surface area contributed by atoms with Gasteiger partial charge in [-0.25, -0.2) is 5.48 Å². The molecule has 33 heavy (non-hydrogen) atoms. The first-order chi connectivity index (χ1) is 16.1. The van der Waals surface area contributed by atoms with Crippen molar-refractivity contribution in [3.8, 4) is 11.5 Å². The second-order valence-corrected chi connectivity index (χ2v) is 8.55. The molecule has 0 spiro atoms. The molecule has 1 aliphatic carbocycles. The van der Waals surface area contributed by atoms with E-state index in [-0.39, 0.29) is 12.0 Å². The Labute approximate surface area is 194 Å². The molecule has 2 aromatic carbocycles. The smallest absolute Gasteiger partial charge is 0.247 e. The summed E-state index contributed by atoms with van der Waals surface area (Å²) < 4.78 is 11.2. The molecule has 1 fully saturated rings. The molecule has 174 valence electrons. The lowest BCUT2D eigenvalue weighted by Gasteiger charge is -2.37. The lowest BCUT2D eigenvalue weighted by atomic mass is 9.76. The Morgan fingerprint density at radius 3 is 2.36 bits per heavy atom. The van der Waals surface area contributed by atoms with Gasteiger partial charge < -0.3 is 14.4 Å². The van der Waals surface area contributed by atoms with Gasteiger partial charge in [0.25, 0.3) is 0 Å². The molecule has 7 nitrogen and oxygen atoms in total. The molecule has 2 amide bonds. The number of amides is 2. The number of rotatable bonds is 6. The van der Waals surface area contributed by atoms with Gasteiger partial charge in [-0.1, -0.05) is 36.4 Å². The van der Waals surface area contributed by atoms with Gasteiger partial charge in [0.2, 0.25) is 11.8 Å². The highest BCUT2D eigenvalue weighted by atomic mass is 16.5. The third-order valence-corrected chi connectivity index (χ3v) is 6.59. The van der Waals surface area contributed by atoms with E-state index in [0.29, 0.717) is 38.1 Å². The van der Waals surface area contributed by atoms with Crippen LogP contribution in [0.1, 0.15) is 31.2 Å². The maximum absolute atomic E-state index is 13.3. The van der Waals surface area contributed by atoms with Gasteiger partial charge in [0.05, 0.1) is 25.0 Å². The van der Waals surface area contributed by atoms with Crippen molar-refractivity contribution in [2.45, 2.75) is 31.8 Å². The first-order valence-corrected chi connectivity index (χ1v) is 11.4. The Hall–Kier alpha value is -3.32. The van der Waals surface area contributed by atoms with Crippen LogP contribution in [-0.2, 0) is 9.59 Å². The number of benzene rings is 2. The monoisotopic (exact) mass is 450 g/mol. The molecule has 3 atom stereocenters. The quantitative estimate of drug-likeness (QED) is 0.518. The van der Waals surface area contributed by atoms with Gasteiger partial charge in [-0.3, -0.25) is 14.8 Å². The van der Waals surface area contributed by atoms with Crippen molar-refractivity contribution < 1.29 is 24.3 Å². The number of carbonyl (C=O) groups excluding carboxylic acids is 2. The Bertz CT molecular complexity index is 990. The lowest BCUT2D eigenvalue weighted by Crippen LogP contribution is -2.48. The SMILES string of the molecule is COc1ccc(O[C@@H]2CC[C@H](C(=O)N3CC=C(c4ccccc4)CC3)C(C(=O)NO)C2)cc1. The zero-order chi connectivity index (χ0) is 23.2. The Morgan fingerprint density at radius 1 is 1.00 bits per heavy atom. The molecule has 0 aromatic heterocycles. The van der Waals surface area contributed by atoms with E-state index in [1.807, 2.05) is 47.4 Å². The zero-order valence-electron chi connectivity index (χ0n) is 18.8. The third-order valence-electron chi connectivity index (χ3n) is 6.59. The summed E-state index contributed by atoms with van der Waals surface area (Å²) in [6, 6.07) is 17.4. The molecule has 0 saturated heterocycles. The molecule has 0 radical (unpaired) electrons. The summed E-state index contributed by atoms with van der Waals surface area (Å²) in [5.41, 5.74) is 4.17. The van der Waals surface area contributed by atoms with Gasteiger partial charge in [0.1, 0.15) is 11.5 Å². The Balaban J connectivity index is 1.41. The fourth-order valence-corrected chi connectivity index (χ4v) is 4.77. The van der Waals surface area contributed by atoms with E-state index in [0.717, 1.165) is 12.2 Å². The molecule has 4 rings (SSSR count). The Kier molecular flexibility index (Phi) is 7.29. The molecule has 1 unspecified atom stereocenters. The van der Waals surface area contributed by atoms with E-state index in [1.165, 1.54) is 11.1 Å². The number of carbonyl (C=O) groups is 2. The molecule has 1 aliphatic heterocycles. The van der Waals surface area contributed by atoms with Crippen LogP contribution in [0.2, 0.25) is 0 Å². The van der Waals surface area contributed by atoms with Crippen molar-refractivity contribution >= 4 is 17.4 Å². The Morgan fingerprint density at radius 2 is 1.73 bits per heavy atom. The number of nitrogens with one attached hydrogen (secondary N) is 1. The van der Waals surface area contributed by atoms with Crippen LogP contribution in [0.15, 0.2) is 60.7 Å². The van der Waals surface area contributed by atoms with E-state index in [4.69, 9.17) is 9.47 Å². The van der Waals surface area contributed by atoms with Crippen LogP contribution in [0.5, 0.6) is 11.5 Å². The van der Waals surface area contributed by atoms with Crippen molar-refractivity contribution in [2.75, 3.05) is 20.2 Å². The fraction of sp³-hybridized carbons (Fsp3) is 0.385. The summed E-state index contributed by atoms with van der Waals surface area (Å²) in [5, 5.41) is 9.30. The minimum absolute atomic E-state index is 0.0325. The molecular formula is C26H30N2O5. The number of nitrogens with zero attached hydrogens (tertiary/aromatic N) is 1. The molecular weight excluding hydrogens is 420 g/mol. The summed E-state index contributed by atoms with van der Waals surface area (Å²) in [4.78, 5) is 27.6. The van der Waals surface area contributed by atoms with Crippen LogP contribution in [0, 0.1) is 11.8 Å². The summed E-state index contributed by atoms with van der Waals surface area (Å²) in [6.45, 7) is 1.15. The fourth-order valence-electron chi connectivity index (χ4n) is 4.77.